The lowest BCUT2D eigenvalue weighted by atomic mass is 9.84. The molecule has 7 nitrogen and oxygen atoms in total. The second-order valence-corrected chi connectivity index (χ2v) is 11.6. The fourth-order valence-electron chi connectivity index (χ4n) is 6.46. The monoisotopic (exact) mass is 519 g/mol. The maximum Gasteiger partial charge on any atom is 0.254 e. The van der Waals surface area contributed by atoms with E-state index in [1.165, 1.54) is 6.42 Å². The Bertz CT molecular complexity index is 1200. The van der Waals surface area contributed by atoms with E-state index in [4.69, 9.17) is 4.74 Å². The number of methoxy groups -OCH3 is 1. The van der Waals surface area contributed by atoms with Crippen molar-refractivity contribution < 1.29 is 19.4 Å². The summed E-state index contributed by atoms with van der Waals surface area (Å²) in [4.78, 5) is 28.4. The lowest BCUT2D eigenvalue weighted by Crippen LogP contribution is -2.40. The molecule has 2 amide bonds. The molecule has 3 aliphatic rings. The van der Waals surface area contributed by atoms with Crippen molar-refractivity contribution in [2.75, 3.05) is 24.3 Å². The van der Waals surface area contributed by atoms with Gasteiger partial charge in [-0.25, -0.2) is 0 Å². The minimum Gasteiger partial charge on any atom is -0.496 e. The van der Waals surface area contributed by atoms with Crippen molar-refractivity contribution in [1.29, 1.82) is 0 Å². The highest BCUT2D eigenvalue weighted by molar-refractivity contribution is 6.00. The van der Waals surface area contributed by atoms with E-state index in [2.05, 4.69) is 23.6 Å². The smallest absolute Gasteiger partial charge is 0.254 e. The van der Waals surface area contributed by atoms with Gasteiger partial charge in [0.05, 0.1) is 12.7 Å². The number of amides is 2. The van der Waals surface area contributed by atoms with Crippen LogP contribution in [0.4, 0.5) is 11.4 Å². The third-order valence-electron chi connectivity index (χ3n) is 8.88. The summed E-state index contributed by atoms with van der Waals surface area (Å²) in [6, 6.07) is 9.93. The number of hydrogen-bond acceptors (Lipinski definition) is 5. The molecule has 7 heteroatoms. The molecule has 0 radical (unpaired) electrons. The van der Waals surface area contributed by atoms with Gasteiger partial charge in [-0.3, -0.25) is 9.59 Å². The normalized spacial score (nSPS) is 22.6. The zero-order valence-electron chi connectivity index (χ0n) is 22.9. The molecule has 2 aliphatic carbocycles. The average Bonchev–Trinajstić information content (AvgIpc) is 3.26. The number of nitrogens with one attached hydrogen (secondary N) is 2. The topological polar surface area (TPSA) is 90.9 Å². The Morgan fingerprint density at radius 1 is 1.03 bits per heavy atom. The summed E-state index contributed by atoms with van der Waals surface area (Å²) in [7, 11) is 1.63. The highest BCUT2D eigenvalue weighted by Crippen LogP contribution is 2.36. The van der Waals surface area contributed by atoms with Crippen LogP contribution in [0.1, 0.15) is 84.8 Å². The minimum absolute atomic E-state index is 0.0385. The third-order valence-corrected chi connectivity index (χ3v) is 8.88. The molecule has 2 aromatic carbocycles. The SMILES string of the molecule is COc1cc(NC(=O)C2CCC(N3Cc4c(C)cc(NCC5(O)CCCCC5)cc4C3=O)CC2)ccc1C. The number of carbonyl (C=O) groups is 2. The van der Waals surface area contributed by atoms with Gasteiger partial charge in [0.1, 0.15) is 5.75 Å². The first-order chi connectivity index (χ1) is 18.3. The summed E-state index contributed by atoms with van der Waals surface area (Å²) >= 11 is 0. The predicted molar refractivity (Wildman–Crippen MR) is 150 cm³/mol. The largest absolute Gasteiger partial charge is 0.496 e. The molecule has 0 unspecified atom stereocenters. The molecule has 0 saturated heterocycles. The third kappa shape index (κ3) is 5.53. The van der Waals surface area contributed by atoms with Gasteiger partial charge in [-0.2, -0.15) is 0 Å². The molecule has 1 aliphatic heterocycles. The van der Waals surface area contributed by atoms with Crippen LogP contribution >= 0.6 is 0 Å². The number of aliphatic hydroxyl groups is 1. The summed E-state index contributed by atoms with van der Waals surface area (Å²) in [5.74, 6) is 0.832. The van der Waals surface area contributed by atoms with E-state index < -0.39 is 5.60 Å². The Balaban J connectivity index is 1.18. The van der Waals surface area contributed by atoms with Crippen LogP contribution in [0.2, 0.25) is 0 Å². The van der Waals surface area contributed by atoms with E-state index in [0.717, 1.165) is 90.7 Å². The van der Waals surface area contributed by atoms with Crippen molar-refractivity contribution in [2.45, 2.75) is 89.8 Å². The van der Waals surface area contributed by atoms with Crippen LogP contribution in [0.15, 0.2) is 30.3 Å². The highest BCUT2D eigenvalue weighted by Gasteiger charge is 2.37. The van der Waals surface area contributed by atoms with Crippen molar-refractivity contribution in [3.8, 4) is 5.75 Å². The van der Waals surface area contributed by atoms with Crippen molar-refractivity contribution in [1.82, 2.24) is 4.90 Å². The first-order valence-electron chi connectivity index (χ1n) is 14.1. The first kappa shape index (κ1) is 26.5. The van der Waals surface area contributed by atoms with E-state index >= 15 is 0 Å². The van der Waals surface area contributed by atoms with E-state index in [-0.39, 0.29) is 23.8 Å². The molecule has 38 heavy (non-hydrogen) atoms. The quantitative estimate of drug-likeness (QED) is 0.445. The molecule has 3 N–H and O–H groups in total. The summed E-state index contributed by atoms with van der Waals surface area (Å²) in [5, 5.41) is 17.3. The predicted octanol–water partition coefficient (Wildman–Crippen LogP) is 5.57. The van der Waals surface area contributed by atoms with Gasteiger partial charge >= 0.3 is 0 Å². The maximum atomic E-state index is 13.5. The van der Waals surface area contributed by atoms with Gasteiger partial charge in [0.2, 0.25) is 5.91 Å². The second-order valence-electron chi connectivity index (χ2n) is 11.6. The average molecular weight is 520 g/mol. The van der Waals surface area contributed by atoms with Crippen LogP contribution in [-0.4, -0.2) is 47.1 Å². The van der Waals surface area contributed by atoms with Crippen LogP contribution in [0.3, 0.4) is 0 Å². The molecule has 5 rings (SSSR count). The fraction of sp³-hybridized carbons (Fsp3) is 0.548. The second kappa shape index (κ2) is 11.0. The van der Waals surface area contributed by atoms with E-state index in [9.17, 15) is 14.7 Å². The number of ether oxygens (including phenoxy) is 1. The Kier molecular flexibility index (Phi) is 7.66. The molecule has 204 valence electrons. The molecule has 0 bridgehead atoms. The van der Waals surface area contributed by atoms with Crippen molar-refractivity contribution in [2.24, 2.45) is 5.92 Å². The zero-order chi connectivity index (χ0) is 26.9. The Morgan fingerprint density at radius 3 is 2.47 bits per heavy atom. The number of nitrogens with zero attached hydrogens (tertiary/aromatic N) is 1. The Labute approximate surface area is 225 Å². The molecule has 1 heterocycles. The molecule has 2 fully saturated rings. The highest BCUT2D eigenvalue weighted by atomic mass is 16.5. The van der Waals surface area contributed by atoms with Gasteiger partial charge in [-0.05, 0) is 87.3 Å². The number of fused-ring (bicyclic) bond motifs is 1. The summed E-state index contributed by atoms with van der Waals surface area (Å²) in [6.07, 6.45) is 8.18. The number of benzene rings is 2. The van der Waals surface area contributed by atoms with Crippen molar-refractivity contribution >= 4 is 23.2 Å². The maximum absolute atomic E-state index is 13.5. The Morgan fingerprint density at radius 2 is 1.76 bits per heavy atom. The molecule has 0 spiro atoms. The molecule has 2 saturated carbocycles. The van der Waals surface area contributed by atoms with Crippen LogP contribution < -0.4 is 15.4 Å². The number of rotatable bonds is 7. The standard InChI is InChI=1S/C31H41N3O4/c1-20-7-10-23(17-28(20)38-3)33-29(35)22-8-11-25(12-9-22)34-18-27-21(2)15-24(16-26(27)30(34)36)32-19-31(37)13-5-4-6-14-31/h7,10,15-17,22,25,32,37H,4-6,8-9,11-14,18-19H2,1-3H3,(H,33,35). The molecule has 0 atom stereocenters. The zero-order valence-corrected chi connectivity index (χ0v) is 22.9. The van der Waals surface area contributed by atoms with Crippen LogP contribution in [0, 0.1) is 19.8 Å². The summed E-state index contributed by atoms with van der Waals surface area (Å²) in [6.45, 7) is 5.20. The van der Waals surface area contributed by atoms with Gasteiger partial charge in [0.15, 0.2) is 0 Å². The summed E-state index contributed by atoms with van der Waals surface area (Å²) < 4.78 is 5.38. The van der Waals surface area contributed by atoms with Gasteiger partial charge in [-0.15, -0.1) is 0 Å². The first-order valence-corrected chi connectivity index (χ1v) is 14.1. The van der Waals surface area contributed by atoms with Crippen LogP contribution in [-0.2, 0) is 11.3 Å². The van der Waals surface area contributed by atoms with Crippen LogP contribution in [0.25, 0.3) is 0 Å². The van der Waals surface area contributed by atoms with Crippen LogP contribution in [0.5, 0.6) is 5.75 Å². The van der Waals surface area contributed by atoms with Gasteiger partial charge in [-0.1, -0.05) is 25.3 Å². The van der Waals surface area contributed by atoms with E-state index in [1.54, 1.807) is 7.11 Å². The lowest BCUT2D eigenvalue weighted by Gasteiger charge is -2.34. The van der Waals surface area contributed by atoms with Crippen molar-refractivity contribution in [3.63, 3.8) is 0 Å². The minimum atomic E-state index is -0.655. The van der Waals surface area contributed by atoms with Gasteiger partial charge in [0.25, 0.3) is 5.91 Å². The molecule has 0 aromatic heterocycles. The summed E-state index contributed by atoms with van der Waals surface area (Å²) in [5.41, 5.74) is 5.02. The number of hydrogen-bond donors (Lipinski definition) is 3. The number of anilines is 2. The van der Waals surface area contributed by atoms with Gasteiger partial charge in [0, 0.05) is 48.1 Å². The van der Waals surface area contributed by atoms with E-state index in [0.29, 0.717) is 13.1 Å². The van der Waals surface area contributed by atoms with Gasteiger partial charge < -0.3 is 25.4 Å². The van der Waals surface area contributed by atoms with E-state index in [1.807, 2.05) is 36.1 Å². The number of carbonyl (C=O) groups excluding carboxylic acids is 2. The molecular weight excluding hydrogens is 478 g/mol. The Hall–Kier alpha value is -3.06. The number of aryl methyl sites for hydroxylation is 2. The molecular formula is C31H41N3O4. The van der Waals surface area contributed by atoms with Crippen molar-refractivity contribution in [3.05, 3.63) is 52.6 Å². The lowest BCUT2D eigenvalue weighted by molar-refractivity contribution is -0.121. The molecule has 2 aromatic rings. The fourth-order valence-corrected chi connectivity index (χ4v) is 6.46.